The summed E-state index contributed by atoms with van der Waals surface area (Å²) in [6.45, 7) is 2.69. The quantitative estimate of drug-likeness (QED) is 0.682. The van der Waals surface area contributed by atoms with Gasteiger partial charge in [-0.2, -0.15) is 0 Å². The lowest BCUT2D eigenvalue weighted by Crippen LogP contribution is -2.45. The number of para-hydroxylation sites is 1. The van der Waals surface area contributed by atoms with Crippen LogP contribution in [0.15, 0.2) is 18.2 Å². The normalized spacial score (nSPS) is 18.7. The van der Waals surface area contributed by atoms with Crippen molar-refractivity contribution in [2.75, 3.05) is 36.1 Å². The average Bonchev–Trinajstić information content (AvgIpc) is 2.57. The van der Waals surface area contributed by atoms with Crippen LogP contribution in [0.2, 0.25) is 0 Å². The minimum Gasteiger partial charge on any atom is -0.395 e. The maximum absolute atomic E-state index is 10.2. The Morgan fingerprint density at radius 1 is 1.12 bits per heavy atom. The standard InChI is InChI=1S/C12H18N2O3/c1-9-3-2-4-10-11(9)14(6-8-16)12(17)13(10)5-7-15/h2-4,12,15-17H,5-8H2,1H3. The van der Waals surface area contributed by atoms with Crippen LogP contribution in [-0.4, -0.2) is 48.0 Å². The smallest absolute Gasteiger partial charge is 0.208 e. The van der Waals surface area contributed by atoms with Crippen molar-refractivity contribution in [2.24, 2.45) is 0 Å². The van der Waals surface area contributed by atoms with Crippen LogP contribution in [0.5, 0.6) is 0 Å². The number of nitrogens with zero attached hydrogens (tertiary/aromatic N) is 2. The van der Waals surface area contributed by atoms with Gasteiger partial charge in [-0.3, -0.25) is 0 Å². The zero-order valence-corrected chi connectivity index (χ0v) is 9.87. The highest BCUT2D eigenvalue weighted by molar-refractivity contribution is 5.79. The fourth-order valence-corrected chi connectivity index (χ4v) is 2.34. The highest BCUT2D eigenvalue weighted by Crippen LogP contribution is 2.40. The van der Waals surface area contributed by atoms with Crippen molar-refractivity contribution in [2.45, 2.75) is 13.3 Å². The van der Waals surface area contributed by atoms with E-state index in [1.165, 1.54) is 0 Å². The van der Waals surface area contributed by atoms with Crippen LogP contribution in [-0.2, 0) is 0 Å². The molecule has 5 heteroatoms. The Balaban J connectivity index is 2.41. The Labute approximate surface area is 101 Å². The highest BCUT2D eigenvalue weighted by Gasteiger charge is 2.34. The molecule has 1 aliphatic rings. The van der Waals surface area contributed by atoms with Gasteiger partial charge < -0.3 is 25.1 Å². The lowest BCUT2D eigenvalue weighted by atomic mass is 10.1. The molecule has 1 aromatic rings. The van der Waals surface area contributed by atoms with Crippen LogP contribution in [0, 0.1) is 6.92 Å². The van der Waals surface area contributed by atoms with Gasteiger partial charge in [0.15, 0.2) is 0 Å². The summed E-state index contributed by atoms with van der Waals surface area (Å²) in [5.41, 5.74) is 2.89. The molecule has 1 heterocycles. The number of aliphatic hydroxyl groups is 3. The van der Waals surface area contributed by atoms with Crippen LogP contribution in [0.4, 0.5) is 11.4 Å². The van der Waals surface area contributed by atoms with Crippen molar-refractivity contribution in [3.05, 3.63) is 23.8 Å². The van der Waals surface area contributed by atoms with Crippen LogP contribution in [0.3, 0.4) is 0 Å². The number of fused-ring (bicyclic) bond motifs is 1. The summed E-state index contributed by atoms with van der Waals surface area (Å²) in [6, 6.07) is 5.81. The minimum absolute atomic E-state index is 0.0161. The van der Waals surface area contributed by atoms with Crippen LogP contribution >= 0.6 is 0 Å². The number of anilines is 2. The molecule has 0 saturated carbocycles. The topological polar surface area (TPSA) is 67.2 Å². The number of aliphatic hydroxyl groups excluding tert-OH is 3. The zero-order valence-electron chi connectivity index (χ0n) is 9.87. The largest absolute Gasteiger partial charge is 0.395 e. The van der Waals surface area contributed by atoms with Gasteiger partial charge >= 0.3 is 0 Å². The van der Waals surface area contributed by atoms with Crippen molar-refractivity contribution < 1.29 is 15.3 Å². The Morgan fingerprint density at radius 2 is 1.76 bits per heavy atom. The van der Waals surface area contributed by atoms with Crippen LogP contribution < -0.4 is 9.80 Å². The van der Waals surface area contributed by atoms with E-state index in [2.05, 4.69) is 0 Å². The Bertz CT molecular complexity index is 397. The molecule has 94 valence electrons. The molecule has 0 amide bonds. The van der Waals surface area contributed by atoms with E-state index < -0.39 is 6.35 Å². The van der Waals surface area contributed by atoms with Gasteiger partial charge in [-0.25, -0.2) is 0 Å². The summed E-state index contributed by atoms with van der Waals surface area (Å²) >= 11 is 0. The third kappa shape index (κ3) is 1.97. The molecular formula is C12H18N2O3. The summed E-state index contributed by atoms with van der Waals surface area (Å²) in [7, 11) is 0. The first-order valence-corrected chi connectivity index (χ1v) is 5.73. The average molecular weight is 238 g/mol. The minimum atomic E-state index is -0.814. The van der Waals surface area contributed by atoms with Gasteiger partial charge in [-0.1, -0.05) is 12.1 Å². The van der Waals surface area contributed by atoms with Gasteiger partial charge in [-0.15, -0.1) is 0 Å². The number of benzene rings is 1. The molecule has 1 aromatic carbocycles. The van der Waals surface area contributed by atoms with Gasteiger partial charge in [0, 0.05) is 13.1 Å². The fourth-order valence-electron chi connectivity index (χ4n) is 2.34. The zero-order chi connectivity index (χ0) is 12.4. The third-order valence-corrected chi connectivity index (χ3v) is 3.05. The van der Waals surface area contributed by atoms with E-state index in [9.17, 15) is 5.11 Å². The van der Waals surface area contributed by atoms with Crippen LogP contribution in [0.1, 0.15) is 5.56 Å². The lowest BCUT2D eigenvalue weighted by Gasteiger charge is -2.27. The predicted molar refractivity (Wildman–Crippen MR) is 66.0 cm³/mol. The Kier molecular flexibility index (Phi) is 3.51. The van der Waals surface area contributed by atoms with Crippen molar-refractivity contribution in [3.63, 3.8) is 0 Å². The van der Waals surface area contributed by atoms with E-state index >= 15 is 0 Å². The first-order valence-electron chi connectivity index (χ1n) is 5.73. The molecule has 5 nitrogen and oxygen atoms in total. The second-order valence-corrected chi connectivity index (χ2v) is 4.12. The van der Waals surface area contributed by atoms with Gasteiger partial charge in [0.05, 0.1) is 24.6 Å². The first-order chi connectivity index (χ1) is 8.20. The predicted octanol–water partition coefficient (Wildman–Crippen LogP) is -0.118. The number of aryl methyl sites for hydroxylation is 1. The number of rotatable bonds is 4. The second kappa shape index (κ2) is 4.91. The second-order valence-electron chi connectivity index (χ2n) is 4.12. The van der Waals surface area contributed by atoms with E-state index in [1.54, 1.807) is 9.80 Å². The summed E-state index contributed by atoms with van der Waals surface area (Å²) < 4.78 is 0. The van der Waals surface area contributed by atoms with E-state index in [0.717, 1.165) is 16.9 Å². The van der Waals surface area contributed by atoms with Crippen molar-refractivity contribution in [1.82, 2.24) is 0 Å². The van der Waals surface area contributed by atoms with E-state index in [0.29, 0.717) is 13.1 Å². The van der Waals surface area contributed by atoms with Gasteiger partial charge in [-0.05, 0) is 18.6 Å². The van der Waals surface area contributed by atoms with E-state index in [-0.39, 0.29) is 13.2 Å². The molecule has 17 heavy (non-hydrogen) atoms. The SMILES string of the molecule is Cc1cccc2c1N(CCO)C(O)N2CCO. The summed E-state index contributed by atoms with van der Waals surface area (Å²) in [5, 5.41) is 28.3. The maximum atomic E-state index is 10.2. The molecule has 0 radical (unpaired) electrons. The molecule has 1 atom stereocenters. The molecule has 3 N–H and O–H groups in total. The van der Waals surface area contributed by atoms with Crippen LogP contribution in [0.25, 0.3) is 0 Å². The summed E-state index contributed by atoms with van der Waals surface area (Å²) in [5.74, 6) is 0. The molecule has 1 aliphatic heterocycles. The lowest BCUT2D eigenvalue weighted by molar-refractivity contribution is 0.156. The summed E-state index contributed by atoms with van der Waals surface area (Å²) in [6.07, 6.45) is -0.814. The Hall–Kier alpha value is -1.30. The molecular weight excluding hydrogens is 220 g/mol. The first kappa shape index (κ1) is 12.2. The maximum Gasteiger partial charge on any atom is 0.208 e. The van der Waals surface area contributed by atoms with Gasteiger partial charge in [0.1, 0.15) is 0 Å². The van der Waals surface area contributed by atoms with Crippen molar-refractivity contribution in [3.8, 4) is 0 Å². The molecule has 0 aliphatic carbocycles. The molecule has 0 fully saturated rings. The monoisotopic (exact) mass is 238 g/mol. The van der Waals surface area contributed by atoms with Gasteiger partial charge in [0.25, 0.3) is 0 Å². The fraction of sp³-hybridized carbons (Fsp3) is 0.500. The van der Waals surface area contributed by atoms with E-state index in [4.69, 9.17) is 10.2 Å². The third-order valence-electron chi connectivity index (χ3n) is 3.05. The van der Waals surface area contributed by atoms with E-state index in [1.807, 2.05) is 25.1 Å². The number of hydrogen-bond acceptors (Lipinski definition) is 5. The van der Waals surface area contributed by atoms with Gasteiger partial charge in [0.2, 0.25) is 6.35 Å². The van der Waals surface area contributed by atoms with Crippen molar-refractivity contribution >= 4 is 11.4 Å². The molecule has 0 bridgehead atoms. The Morgan fingerprint density at radius 3 is 2.41 bits per heavy atom. The summed E-state index contributed by atoms with van der Waals surface area (Å²) in [4.78, 5) is 3.48. The highest BCUT2D eigenvalue weighted by atomic mass is 16.3. The number of hydrogen-bond donors (Lipinski definition) is 3. The molecule has 0 aromatic heterocycles. The molecule has 0 spiro atoms. The molecule has 2 rings (SSSR count). The number of β-amino-alcohol motifs (C(OH)–C–C–N with tert-alkyl or cyclic N) is 2. The van der Waals surface area contributed by atoms with Crippen molar-refractivity contribution in [1.29, 1.82) is 0 Å². The molecule has 0 saturated heterocycles. The molecule has 1 unspecified atom stereocenters.